The summed E-state index contributed by atoms with van der Waals surface area (Å²) in [5.41, 5.74) is 6.45. The molecule has 3 N–H and O–H groups in total. The molecular weight excluding hydrogens is 248 g/mol. The average molecular weight is 262 g/mol. The molecule has 0 amide bonds. The summed E-state index contributed by atoms with van der Waals surface area (Å²) in [5, 5.41) is 10.6. The van der Waals surface area contributed by atoms with Gasteiger partial charge in [-0.3, -0.25) is 4.68 Å². The van der Waals surface area contributed by atoms with Gasteiger partial charge in [0.15, 0.2) is 5.69 Å². The van der Waals surface area contributed by atoms with Crippen LogP contribution in [0.2, 0.25) is 0 Å². The maximum absolute atomic E-state index is 11.4. The van der Waals surface area contributed by atoms with E-state index in [1.807, 2.05) is 0 Å². The molecule has 2 heterocycles. The SMILES string of the molecule is COC(=O)c1ccc(N)c(NCCn2ccnn2)n1. The number of nitrogens with one attached hydrogen (secondary N) is 1. The number of hydrogen-bond acceptors (Lipinski definition) is 7. The second-order valence-corrected chi connectivity index (χ2v) is 3.72. The first-order valence-corrected chi connectivity index (χ1v) is 5.63. The van der Waals surface area contributed by atoms with E-state index in [0.717, 1.165) is 0 Å². The Morgan fingerprint density at radius 1 is 1.53 bits per heavy atom. The van der Waals surface area contributed by atoms with Gasteiger partial charge >= 0.3 is 5.97 Å². The van der Waals surface area contributed by atoms with Gasteiger partial charge in [-0.2, -0.15) is 0 Å². The van der Waals surface area contributed by atoms with Crippen molar-refractivity contribution in [2.75, 3.05) is 24.7 Å². The van der Waals surface area contributed by atoms with Gasteiger partial charge in [0.05, 0.1) is 25.5 Å². The van der Waals surface area contributed by atoms with Gasteiger partial charge in [0, 0.05) is 12.7 Å². The van der Waals surface area contributed by atoms with E-state index in [0.29, 0.717) is 24.6 Å². The van der Waals surface area contributed by atoms with Crippen LogP contribution in [-0.4, -0.2) is 39.6 Å². The Labute approximate surface area is 109 Å². The number of methoxy groups -OCH3 is 1. The van der Waals surface area contributed by atoms with Crippen LogP contribution in [0.5, 0.6) is 0 Å². The van der Waals surface area contributed by atoms with E-state index in [2.05, 4.69) is 25.3 Å². The van der Waals surface area contributed by atoms with Crippen molar-refractivity contribution in [1.82, 2.24) is 20.0 Å². The number of carbonyl (C=O) groups is 1. The molecule has 0 aliphatic carbocycles. The fraction of sp³-hybridized carbons (Fsp3) is 0.273. The van der Waals surface area contributed by atoms with Crippen molar-refractivity contribution in [2.45, 2.75) is 6.54 Å². The Bertz CT molecular complexity index is 554. The van der Waals surface area contributed by atoms with E-state index in [-0.39, 0.29) is 5.69 Å². The summed E-state index contributed by atoms with van der Waals surface area (Å²) >= 11 is 0. The maximum Gasteiger partial charge on any atom is 0.356 e. The number of nitrogen functional groups attached to an aromatic ring is 1. The van der Waals surface area contributed by atoms with Crippen LogP contribution in [0.15, 0.2) is 24.5 Å². The number of carbonyl (C=O) groups excluding carboxylic acids is 1. The second kappa shape index (κ2) is 5.80. The standard InChI is InChI=1S/C11H14N6O2/c1-19-11(18)9-3-2-8(12)10(15-9)13-4-6-17-7-5-14-16-17/h2-3,5,7H,4,6,12H2,1H3,(H,13,15). The molecule has 0 unspecified atom stereocenters. The van der Waals surface area contributed by atoms with Crippen molar-refractivity contribution in [1.29, 1.82) is 0 Å². The number of ether oxygens (including phenoxy) is 1. The number of pyridine rings is 1. The van der Waals surface area contributed by atoms with Crippen LogP contribution in [0.4, 0.5) is 11.5 Å². The zero-order valence-corrected chi connectivity index (χ0v) is 10.4. The van der Waals surface area contributed by atoms with Gasteiger partial charge in [0.1, 0.15) is 5.82 Å². The van der Waals surface area contributed by atoms with Gasteiger partial charge in [0.25, 0.3) is 0 Å². The summed E-state index contributed by atoms with van der Waals surface area (Å²) in [7, 11) is 1.30. The Morgan fingerprint density at radius 3 is 3.05 bits per heavy atom. The van der Waals surface area contributed by atoms with Crippen molar-refractivity contribution in [3.05, 3.63) is 30.2 Å². The molecule has 0 aromatic carbocycles. The molecule has 0 bridgehead atoms. The van der Waals surface area contributed by atoms with Crippen molar-refractivity contribution in [2.24, 2.45) is 0 Å². The number of rotatable bonds is 5. The fourth-order valence-corrected chi connectivity index (χ4v) is 1.47. The summed E-state index contributed by atoms with van der Waals surface area (Å²) < 4.78 is 6.28. The first-order chi connectivity index (χ1) is 9.20. The third-order valence-electron chi connectivity index (χ3n) is 2.43. The largest absolute Gasteiger partial charge is 0.464 e. The van der Waals surface area contributed by atoms with Crippen molar-refractivity contribution in [3.8, 4) is 0 Å². The van der Waals surface area contributed by atoms with Crippen molar-refractivity contribution < 1.29 is 9.53 Å². The molecule has 0 aliphatic rings. The third kappa shape index (κ3) is 3.18. The topological polar surface area (TPSA) is 108 Å². The van der Waals surface area contributed by atoms with Gasteiger partial charge in [0.2, 0.25) is 0 Å². The minimum Gasteiger partial charge on any atom is -0.464 e. The molecule has 19 heavy (non-hydrogen) atoms. The summed E-state index contributed by atoms with van der Waals surface area (Å²) in [6, 6.07) is 3.13. The molecule has 0 saturated carbocycles. The van der Waals surface area contributed by atoms with Gasteiger partial charge in [-0.05, 0) is 12.1 Å². The zero-order chi connectivity index (χ0) is 13.7. The Balaban J connectivity index is 2.00. The molecule has 2 rings (SSSR count). The van der Waals surface area contributed by atoms with E-state index in [4.69, 9.17) is 5.73 Å². The predicted octanol–water partition coefficient (Wildman–Crippen LogP) is 0.154. The Kier molecular flexibility index (Phi) is 3.91. The highest BCUT2D eigenvalue weighted by Crippen LogP contribution is 2.15. The number of hydrogen-bond donors (Lipinski definition) is 2. The average Bonchev–Trinajstić information content (AvgIpc) is 2.93. The Morgan fingerprint density at radius 2 is 2.37 bits per heavy atom. The molecule has 0 atom stereocenters. The number of nitrogens with zero attached hydrogens (tertiary/aromatic N) is 4. The van der Waals surface area contributed by atoms with Crippen LogP contribution in [0.25, 0.3) is 0 Å². The van der Waals surface area contributed by atoms with Gasteiger partial charge in [-0.15, -0.1) is 5.10 Å². The molecule has 0 fully saturated rings. The van der Waals surface area contributed by atoms with Crippen LogP contribution in [-0.2, 0) is 11.3 Å². The van der Waals surface area contributed by atoms with Crippen LogP contribution in [0.1, 0.15) is 10.5 Å². The fourth-order valence-electron chi connectivity index (χ4n) is 1.47. The summed E-state index contributed by atoms with van der Waals surface area (Å²) in [6.45, 7) is 1.18. The molecule has 0 radical (unpaired) electrons. The summed E-state index contributed by atoms with van der Waals surface area (Å²) in [6.07, 6.45) is 3.35. The summed E-state index contributed by atoms with van der Waals surface area (Å²) in [4.78, 5) is 15.5. The Hall–Kier alpha value is -2.64. The van der Waals surface area contributed by atoms with E-state index < -0.39 is 5.97 Å². The highest BCUT2D eigenvalue weighted by Gasteiger charge is 2.10. The molecule has 0 aliphatic heterocycles. The monoisotopic (exact) mass is 262 g/mol. The highest BCUT2D eigenvalue weighted by molar-refractivity contribution is 5.88. The first-order valence-electron chi connectivity index (χ1n) is 5.63. The van der Waals surface area contributed by atoms with E-state index in [1.165, 1.54) is 13.2 Å². The van der Waals surface area contributed by atoms with E-state index in [9.17, 15) is 4.79 Å². The quantitative estimate of drug-likeness (QED) is 0.738. The van der Waals surface area contributed by atoms with Crippen molar-refractivity contribution >= 4 is 17.5 Å². The number of nitrogens with two attached hydrogens (primary N) is 1. The molecule has 0 spiro atoms. The number of aromatic nitrogens is 4. The first kappa shape index (κ1) is 12.8. The van der Waals surface area contributed by atoms with Crippen LogP contribution in [0.3, 0.4) is 0 Å². The lowest BCUT2D eigenvalue weighted by atomic mass is 10.3. The molecular formula is C11H14N6O2. The molecule has 8 heteroatoms. The van der Waals surface area contributed by atoms with E-state index >= 15 is 0 Å². The van der Waals surface area contributed by atoms with Gasteiger partial charge < -0.3 is 15.8 Å². The normalized spacial score (nSPS) is 10.2. The number of esters is 1. The predicted molar refractivity (Wildman–Crippen MR) is 68.5 cm³/mol. The molecule has 100 valence electrons. The summed E-state index contributed by atoms with van der Waals surface area (Å²) in [5.74, 6) is -0.0534. The molecule has 8 nitrogen and oxygen atoms in total. The molecule has 2 aromatic heterocycles. The zero-order valence-electron chi connectivity index (χ0n) is 10.4. The highest BCUT2D eigenvalue weighted by atomic mass is 16.5. The second-order valence-electron chi connectivity index (χ2n) is 3.72. The van der Waals surface area contributed by atoms with Crippen molar-refractivity contribution in [3.63, 3.8) is 0 Å². The molecule has 0 saturated heterocycles. The third-order valence-corrected chi connectivity index (χ3v) is 2.43. The van der Waals surface area contributed by atoms with Crippen LogP contribution < -0.4 is 11.1 Å². The molecule has 2 aromatic rings. The lowest BCUT2D eigenvalue weighted by Gasteiger charge is -2.09. The van der Waals surface area contributed by atoms with Gasteiger partial charge in [-0.1, -0.05) is 5.21 Å². The lowest BCUT2D eigenvalue weighted by Crippen LogP contribution is -2.14. The lowest BCUT2D eigenvalue weighted by molar-refractivity contribution is 0.0594. The minimum atomic E-state index is -0.501. The maximum atomic E-state index is 11.4. The minimum absolute atomic E-state index is 0.208. The van der Waals surface area contributed by atoms with Crippen LogP contribution in [0, 0.1) is 0 Å². The van der Waals surface area contributed by atoms with E-state index in [1.54, 1.807) is 23.1 Å². The van der Waals surface area contributed by atoms with Gasteiger partial charge in [-0.25, -0.2) is 9.78 Å². The number of anilines is 2. The van der Waals surface area contributed by atoms with Crippen LogP contribution >= 0.6 is 0 Å². The smallest absolute Gasteiger partial charge is 0.356 e.